The molecule has 0 N–H and O–H groups in total. The Balaban J connectivity index is 1.27. The fourth-order valence-corrected chi connectivity index (χ4v) is 4.71. The summed E-state index contributed by atoms with van der Waals surface area (Å²) in [6.45, 7) is 5.73. The van der Waals surface area contributed by atoms with Gasteiger partial charge in [0.2, 0.25) is 0 Å². The molecule has 6 nitrogen and oxygen atoms in total. The molecule has 1 aliphatic rings. The second-order valence-electron chi connectivity index (χ2n) is 8.96. The molecular weight excluding hydrogens is 432 g/mol. The number of hydrogen-bond donors (Lipinski definition) is 0. The lowest BCUT2D eigenvalue weighted by Crippen LogP contribution is -2.48. The standard InChI is InChI=1S/C29H32N6/c1-4-11-25(12-5-1)15-10-19-33-21-23-34(24-22-33)28(27-16-8-3-9-17-27)29-30-31-32-35(29)20-18-26-13-6-2-7-14-26/h1-17,28H,18-24H2. The minimum Gasteiger partial charge on any atom is -0.297 e. The number of tetrazole rings is 1. The van der Waals surface area contributed by atoms with Crippen molar-refractivity contribution in [3.05, 3.63) is 120 Å². The molecule has 0 amide bonds. The van der Waals surface area contributed by atoms with E-state index in [0.29, 0.717) is 0 Å². The van der Waals surface area contributed by atoms with E-state index in [1.165, 1.54) is 16.7 Å². The third-order valence-corrected chi connectivity index (χ3v) is 6.62. The van der Waals surface area contributed by atoms with Crippen molar-refractivity contribution in [2.24, 2.45) is 0 Å². The third kappa shape index (κ3) is 6.10. The molecule has 178 valence electrons. The van der Waals surface area contributed by atoms with Crippen LogP contribution in [0, 0.1) is 0 Å². The van der Waals surface area contributed by atoms with Crippen LogP contribution in [0.5, 0.6) is 0 Å². The van der Waals surface area contributed by atoms with E-state index in [1.54, 1.807) is 0 Å². The van der Waals surface area contributed by atoms with Crippen molar-refractivity contribution in [3.63, 3.8) is 0 Å². The topological polar surface area (TPSA) is 50.1 Å². The Labute approximate surface area is 207 Å². The smallest absolute Gasteiger partial charge is 0.173 e. The monoisotopic (exact) mass is 464 g/mol. The van der Waals surface area contributed by atoms with Crippen LogP contribution in [-0.2, 0) is 13.0 Å². The van der Waals surface area contributed by atoms with Crippen LogP contribution in [0.15, 0.2) is 97.1 Å². The van der Waals surface area contributed by atoms with Crippen molar-refractivity contribution in [2.45, 2.75) is 19.0 Å². The van der Waals surface area contributed by atoms with Crippen molar-refractivity contribution in [1.82, 2.24) is 30.0 Å². The number of aryl methyl sites for hydroxylation is 2. The summed E-state index contributed by atoms with van der Waals surface area (Å²) in [4.78, 5) is 5.04. The predicted octanol–water partition coefficient (Wildman–Crippen LogP) is 4.34. The Kier molecular flexibility index (Phi) is 7.73. The van der Waals surface area contributed by atoms with Gasteiger partial charge in [0.1, 0.15) is 0 Å². The zero-order valence-electron chi connectivity index (χ0n) is 20.0. The Morgan fingerprint density at radius 1 is 0.771 bits per heavy atom. The molecule has 4 aromatic rings. The van der Waals surface area contributed by atoms with Gasteiger partial charge in [-0.1, -0.05) is 103 Å². The molecule has 5 rings (SSSR count). The average molecular weight is 465 g/mol. The summed E-state index contributed by atoms with van der Waals surface area (Å²) >= 11 is 0. The maximum absolute atomic E-state index is 4.52. The summed E-state index contributed by atoms with van der Waals surface area (Å²) in [6.07, 6.45) is 5.38. The van der Waals surface area contributed by atoms with Crippen molar-refractivity contribution in [2.75, 3.05) is 32.7 Å². The van der Waals surface area contributed by atoms with Gasteiger partial charge in [-0.25, -0.2) is 4.68 Å². The largest absolute Gasteiger partial charge is 0.297 e. The highest BCUT2D eigenvalue weighted by atomic mass is 15.6. The molecule has 0 aliphatic carbocycles. The minimum atomic E-state index is 0.0454. The number of aromatic nitrogens is 4. The van der Waals surface area contributed by atoms with E-state index < -0.39 is 0 Å². The predicted molar refractivity (Wildman–Crippen MR) is 140 cm³/mol. The fourth-order valence-electron chi connectivity index (χ4n) is 4.71. The fraction of sp³-hybridized carbons (Fsp3) is 0.276. The molecule has 6 heteroatoms. The van der Waals surface area contributed by atoms with Gasteiger partial charge in [0.15, 0.2) is 5.82 Å². The van der Waals surface area contributed by atoms with Crippen LogP contribution in [0.4, 0.5) is 0 Å². The van der Waals surface area contributed by atoms with E-state index in [-0.39, 0.29) is 6.04 Å². The van der Waals surface area contributed by atoms with Gasteiger partial charge in [-0.3, -0.25) is 9.80 Å². The first-order chi connectivity index (χ1) is 17.4. The summed E-state index contributed by atoms with van der Waals surface area (Å²) < 4.78 is 1.99. The molecule has 0 saturated carbocycles. The number of hydrogen-bond acceptors (Lipinski definition) is 5. The SMILES string of the molecule is C(=Cc1ccccc1)CN1CCN(C(c2ccccc2)c2nnnn2CCc2ccccc2)CC1. The molecule has 0 spiro atoms. The summed E-state index contributed by atoms with van der Waals surface area (Å²) in [5.74, 6) is 0.921. The van der Waals surface area contributed by atoms with Gasteiger partial charge >= 0.3 is 0 Å². The Bertz CT molecular complexity index is 1180. The molecule has 0 bridgehead atoms. The summed E-state index contributed by atoms with van der Waals surface area (Å²) in [7, 11) is 0. The lowest BCUT2D eigenvalue weighted by Gasteiger charge is -2.38. The molecule has 1 fully saturated rings. The average Bonchev–Trinajstić information content (AvgIpc) is 3.38. The van der Waals surface area contributed by atoms with E-state index in [1.807, 2.05) is 4.68 Å². The molecule has 1 aliphatic heterocycles. The Hall–Kier alpha value is -3.61. The van der Waals surface area contributed by atoms with Crippen LogP contribution in [0.25, 0.3) is 6.08 Å². The zero-order chi connectivity index (χ0) is 23.7. The van der Waals surface area contributed by atoms with E-state index >= 15 is 0 Å². The molecule has 1 aromatic heterocycles. The van der Waals surface area contributed by atoms with E-state index in [2.05, 4.69) is 128 Å². The van der Waals surface area contributed by atoms with E-state index in [9.17, 15) is 0 Å². The number of rotatable bonds is 9. The number of piperazine rings is 1. The van der Waals surface area contributed by atoms with Crippen LogP contribution >= 0.6 is 0 Å². The van der Waals surface area contributed by atoms with Crippen LogP contribution < -0.4 is 0 Å². The zero-order valence-corrected chi connectivity index (χ0v) is 20.0. The van der Waals surface area contributed by atoms with E-state index in [4.69, 9.17) is 0 Å². The normalized spacial score (nSPS) is 16.0. The summed E-state index contributed by atoms with van der Waals surface area (Å²) in [5.41, 5.74) is 3.78. The molecule has 35 heavy (non-hydrogen) atoms. The van der Waals surface area contributed by atoms with Crippen molar-refractivity contribution < 1.29 is 0 Å². The Morgan fingerprint density at radius 3 is 2.14 bits per heavy atom. The molecule has 1 unspecified atom stereocenters. The lowest BCUT2D eigenvalue weighted by atomic mass is 10.0. The molecule has 2 heterocycles. The van der Waals surface area contributed by atoms with Gasteiger partial charge in [0, 0.05) is 39.3 Å². The quantitative estimate of drug-likeness (QED) is 0.369. The Morgan fingerprint density at radius 2 is 1.43 bits per heavy atom. The molecule has 1 saturated heterocycles. The lowest BCUT2D eigenvalue weighted by molar-refractivity contribution is 0.112. The van der Waals surface area contributed by atoms with Crippen LogP contribution in [0.2, 0.25) is 0 Å². The maximum atomic E-state index is 4.52. The highest BCUT2D eigenvalue weighted by molar-refractivity contribution is 5.48. The first-order valence-corrected chi connectivity index (χ1v) is 12.4. The van der Waals surface area contributed by atoms with Gasteiger partial charge in [0.05, 0.1) is 6.04 Å². The van der Waals surface area contributed by atoms with Crippen LogP contribution in [-0.4, -0.2) is 62.7 Å². The van der Waals surface area contributed by atoms with Crippen LogP contribution in [0.3, 0.4) is 0 Å². The van der Waals surface area contributed by atoms with Gasteiger partial charge in [-0.15, -0.1) is 5.10 Å². The second kappa shape index (κ2) is 11.7. The number of nitrogens with zero attached hydrogens (tertiary/aromatic N) is 6. The van der Waals surface area contributed by atoms with Crippen molar-refractivity contribution >= 4 is 6.08 Å². The third-order valence-electron chi connectivity index (χ3n) is 6.62. The van der Waals surface area contributed by atoms with Crippen LogP contribution in [0.1, 0.15) is 28.6 Å². The highest BCUT2D eigenvalue weighted by Crippen LogP contribution is 2.28. The van der Waals surface area contributed by atoms with Crippen molar-refractivity contribution in [1.29, 1.82) is 0 Å². The molecule has 0 radical (unpaired) electrons. The maximum Gasteiger partial charge on any atom is 0.173 e. The van der Waals surface area contributed by atoms with Gasteiger partial charge in [-0.2, -0.15) is 0 Å². The number of benzene rings is 3. The second-order valence-corrected chi connectivity index (χ2v) is 8.96. The molecular formula is C29H32N6. The summed E-state index contributed by atoms with van der Waals surface area (Å²) in [6, 6.07) is 31.7. The van der Waals surface area contributed by atoms with Gasteiger partial charge < -0.3 is 0 Å². The van der Waals surface area contributed by atoms with Gasteiger partial charge in [0.25, 0.3) is 0 Å². The van der Waals surface area contributed by atoms with Crippen molar-refractivity contribution in [3.8, 4) is 0 Å². The minimum absolute atomic E-state index is 0.0454. The molecule has 1 atom stereocenters. The first kappa shape index (κ1) is 23.1. The first-order valence-electron chi connectivity index (χ1n) is 12.4. The highest BCUT2D eigenvalue weighted by Gasteiger charge is 2.30. The van der Waals surface area contributed by atoms with Gasteiger partial charge in [-0.05, 0) is 33.5 Å². The molecule has 3 aromatic carbocycles. The summed E-state index contributed by atoms with van der Waals surface area (Å²) in [5, 5.41) is 13.0. The van der Waals surface area contributed by atoms with E-state index in [0.717, 1.165) is 51.5 Å².